The van der Waals surface area contributed by atoms with Gasteiger partial charge in [0.05, 0.1) is 0 Å². The molecule has 79 valence electrons. The Morgan fingerprint density at radius 2 is 1.71 bits per heavy atom. The van der Waals surface area contributed by atoms with Crippen LogP contribution in [-0.4, -0.2) is 0 Å². The van der Waals surface area contributed by atoms with Gasteiger partial charge in [-0.15, -0.1) is 7.53 Å². The Morgan fingerprint density at radius 1 is 1.00 bits per heavy atom. The van der Waals surface area contributed by atoms with Gasteiger partial charge in [0.25, 0.3) is 0 Å². The Balaban J connectivity index is 1.85. The molecule has 0 aliphatic carbocycles. The van der Waals surface area contributed by atoms with Crippen molar-refractivity contribution >= 4 is 7.53 Å². The summed E-state index contributed by atoms with van der Waals surface area (Å²) in [6.07, 6.45) is 11.3. The Kier molecular flexibility index (Phi) is 6.87. The van der Waals surface area contributed by atoms with Gasteiger partial charge in [-0.2, -0.15) is 0 Å². The zero-order chi connectivity index (χ0) is 10.1. The highest BCUT2D eigenvalue weighted by atomic mass is 31.1. The first kappa shape index (κ1) is 11.9. The van der Waals surface area contributed by atoms with Crippen LogP contribution in [0.5, 0.6) is 0 Å². The largest absolute Gasteiger partial charge is 0.116 e. The lowest BCUT2D eigenvalue weighted by Gasteiger charge is -2.00. The number of hydrogen-bond acceptors (Lipinski definition) is 0. The van der Waals surface area contributed by atoms with E-state index in [1.165, 1.54) is 51.1 Å². The highest BCUT2D eigenvalue weighted by Crippen LogP contribution is 2.29. The van der Waals surface area contributed by atoms with Crippen LogP contribution in [-0.2, 0) is 6.16 Å². The average molecular weight is 209 g/mol. The van der Waals surface area contributed by atoms with E-state index in [0.717, 1.165) is 0 Å². The van der Waals surface area contributed by atoms with Crippen molar-refractivity contribution < 1.29 is 0 Å². The molecule has 0 fully saturated rings. The second-order valence-corrected chi connectivity index (χ2v) is 5.90. The van der Waals surface area contributed by atoms with Crippen LogP contribution in [0.2, 0.25) is 0 Å². The van der Waals surface area contributed by atoms with E-state index < -0.39 is 0 Å². The van der Waals surface area contributed by atoms with Gasteiger partial charge in [-0.05, 0) is 24.4 Å². The van der Waals surface area contributed by atoms with E-state index in [4.69, 9.17) is 0 Å². The zero-order valence-corrected chi connectivity index (χ0v) is 10.2. The number of hydrogen-bond donors (Lipinski definition) is 0. The SMILES string of the molecule is CCCCCCCCCp1[c]ccc1. The molecular formula is C13H22P. The molecule has 1 aromatic rings. The lowest BCUT2D eigenvalue weighted by Crippen LogP contribution is -1.79. The molecular weight excluding hydrogens is 187 g/mol. The molecule has 0 saturated carbocycles. The van der Waals surface area contributed by atoms with Crippen molar-refractivity contribution in [3.05, 3.63) is 23.7 Å². The molecule has 1 atom stereocenters. The molecule has 1 rings (SSSR count). The lowest BCUT2D eigenvalue weighted by molar-refractivity contribution is 0.598. The Labute approximate surface area is 89.8 Å². The fraction of sp³-hybridized carbons (Fsp3) is 0.692. The standard InChI is InChI=1S/C13H22P/c1-2-3-4-5-6-7-8-11-14-12-9-10-13-14/h9-10,12H,2-8,11H2,1H3. The fourth-order valence-corrected chi connectivity index (χ4v) is 3.21. The molecule has 0 aromatic carbocycles. The van der Waals surface area contributed by atoms with Crippen molar-refractivity contribution in [3.63, 3.8) is 0 Å². The molecule has 14 heavy (non-hydrogen) atoms. The summed E-state index contributed by atoms with van der Waals surface area (Å²) in [6, 6.07) is 4.22. The molecule has 1 aromatic heterocycles. The third kappa shape index (κ3) is 5.50. The summed E-state index contributed by atoms with van der Waals surface area (Å²) in [6.45, 7) is 2.28. The van der Waals surface area contributed by atoms with E-state index in [-0.39, 0.29) is 7.53 Å². The van der Waals surface area contributed by atoms with Crippen molar-refractivity contribution in [2.75, 3.05) is 0 Å². The number of aryl methyl sites for hydroxylation is 1. The minimum absolute atomic E-state index is 0.0412. The minimum Gasteiger partial charge on any atom is -0.116 e. The highest BCUT2D eigenvalue weighted by Gasteiger charge is 1.93. The topological polar surface area (TPSA) is 0 Å². The van der Waals surface area contributed by atoms with Crippen molar-refractivity contribution in [2.45, 2.75) is 58.0 Å². The molecule has 0 amide bonds. The summed E-state index contributed by atoms with van der Waals surface area (Å²) in [5.41, 5.74) is 0. The second kappa shape index (κ2) is 8.12. The maximum Gasteiger partial charge on any atom is 0.00512 e. The van der Waals surface area contributed by atoms with Crippen LogP contribution in [0.25, 0.3) is 0 Å². The molecule has 0 saturated heterocycles. The van der Waals surface area contributed by atoms with E-state index in [2.05, 4.69) is 30.7 Å². The van der Waals surface area contributed by atoms with Gasteiger partial charge in [0.2, 0.25) is 0 Å². The van der Waals surface area contributed by atoms with Gasteiger partial charge in [0.15, 0.2) is 0 Å². The predicted molar refractivity (Wildman–Crippen MR) is 66.0 cm³/mol. The molecule has 0 bridgehead atoms. The van der Waals surface area contributed by atoms with Crippen LogP contribution in [0.1, 0.15) is 51.9 Å². The first-order valence-corrected chi connectivity index (χ1v) is 7.56. The molecule has 0 nitrogen and oxygen atoms in total. The van der Waals surface area contributed by atoms with Gasteiger partial charge < -0.3 is 0 Å². The van der Waals surface area contributed by atoms with Gasteiger partial charge in [-0.3, -0.25) is 0 Å². The molecule has 0 spiro atoms. The van der Waals surface area contributed by atoms with E-state index >= 15 is 0 Å². The van der Waals surface area contributed by atoms with Crippen LogP contribution in [0.3, 0.4) is 0 Å². The average Bonchev–Trinajstić information content (AvgIpc) is 2.69. The maximum absolute atomic E-state index is 3.40. The first-order valence-electron chi connectivity index (χ1n) is 5.96. The molecule has 1 radical (unpaired) electrons. The van der Waals surface area contributed by atoms with Crippen LogP contribution >= 0.6 is 7.53 Å². The third-order valence-electron chi connectivity index (χ3n) is 2.61. The fourth-order valence-electron chi connectivity index (χ4n) is 1.71. The van der Waals surface area contributed by atoms with E-state index in [1.54, 1.807) is 0 Å². The summed E-state index contributed by atoms with van der Waals surface area (Å²) < 4.78 is 0. The molecule has 1 heteroatoms. The van der Waals surface area contributed by atoms with Gasteiger partial charge >= 0.3 is 0 Å². The van der Waals surface area contributed by atoms with Crippen LogP contribution in [0.15, 0.2) is 17.9 Å². The third-order valence-corrected chi connectivity index (χ3v) is 4.42. The maximum atomic E-state index is 3.40. The van der Waals surface area contributed by atoms with Crippen molar-refractivity contribution in [1.29, 1.82) is 0 Å². The minimum atomic E-state index is 0.0412. The number of unbranched alkanes of at least 4 members (excludes halogenated alkanes) is 6. The van der Waals surface area contributed by atoms with Gasteiger partial charge in [0.1, 0.15) is 0 Å². The summed E-state index contributed by atoms with van der Waals surface area (Å²) in [4.78, 5) is 0. The van der Waals surface area contributed by atoms with E-state index in [0.29, 0.717) is 0 Å². The van der Waals surface area contributed by atoms with Crippen molar-refractivity contribution in [3.8, 4) is 0 Å². The second-order valence-electron chi connectivity index (χ2n) is 3.95. The number of rotatable bonds is 8. The summed E-state index contributed by atoms with van der Waals surface area (Å²) >= 11 is 0. The normalized spacial score (nSPS) is 10.6. The Bertz CT molecular complexity index is 201. The lowest BCUT2D eigenvalue weighted by atomic mass is 10.1. The quantitative estimate of drug-likeness (QED) is 0.514. The van der Waals surface area contributed by atoms with Crippen LogP contribution < -0.4 is 0 Å². The molecule has 0 N–H and O–H groups in total. The highest BCUT2D eigenvalue weighted by molar-refractivity contribution is 7.47. The zero-order valence-electron chi connectivity index (χ0n) is 9.34. The summed E-state index contributed by atoms with van der Waals surface area (Å²) in [5, 5.41) is 0. The monoisotopic (exact) mass is 209 g/mol. The smallest absolute Gasteiger partial charge is 0.00512 e. The van der Waals surface area contributed by atoms with Gasteiger partial charge in [0, 0.05) is 5.80 Å². The predicted octanol–water partition coefficient (Wildman–Crippen LogP) is 5.22. The Morgan fingerprint density at radius 3 is 2.36 bits per heavy atom. The van der Waals surface area contributed by atoms with Crippen molar-refractivity contribution in [2.24, 2.45) is 0 Å². The summed E-state index contributed by atoms with van der Waals surface area (Å²) in [5.74, 6) is 5.72. The van der Waals surface area contributed by atoms with Gasteiger partial charge in [-0.1, -0.05) is 51.5 Å². The summed E-state index contributed by atoms with van der Waals surface area (Å²) in [7, 11) is 0.0412. The first-order chi connectivity index (χ1) is 6.93. The Hall–Kier alpha value is -0.220. The van der Waals surface area contributed by atoms with Crippen molar-refractivity contribution in [1.82, 2.24) is 0 Å². The van der Waals surface area contributed by atoms with Crippen LogP contribution in [0, 0.1) is 5.80 Å². The van der Waals surface area contributed by atoms with E-state index in [9.17, 15) is 0 Å². The molecule has 0 aliphatic rings. The van der Waals surface area contributed by atoms with E-state index in [1.807, 2.05) is 0 Å². The van der Waals surface area contributed by atoms with Gasteiger partial charge in [-0.25, -0.2) is 0 Å². The van der Waals surface area contributed by atoms with Crippen LogP contribution in [0.4, 0.5) is 0 Å². The molecule has 1 heterocycles. The molecule has 0 aliphatic heterocycles. The molecule has 1 unspecified atom stereocenters.